The summed E-state index contributed by atoms with van der Waals surface area (Å²) in [6, 6.07) is 9.70. The van der Waals surface area contributed by atoms with E-state index in [1.54, 1.807) is 23.0 Å². The summed E-state index contributed by atoms with van der Waals surface area (Å²) >= 11 is 1.57. The van der Waals surface area contributed by atoms with Crippen molar-refractivity contribution in [1.29, 1.82) is 0 Å². The van der Waals surface area contributed by atoms with Crippen LogP contribution in [0.3, 0.4) is 0 Å². The van der Waals surface area contributed by atoms with Gasteiger partial charge in [-0.15, -0.1) is 11.8 Å². The van der Waals surface area contributed by atoms with Gasteiger partial charge >= 0.3 is 0 Å². The Hall–Kier alpha value is -2.45. The maximum absolute atomic E-state index is 12.2. The molecule has 0 saturated carbocycles. The Labute approximate surface area is 136 Å². The predicted octanol–water partition coefficient (Wildman–Crippen LogP) is 1.41. The molecule has 1 aliphatic heterocycles. The average Bonchev–Trinajstić information content (AvgIpc) is 3.20. The van der Waals surface area contributed by atoms with Gasteiger partial charge in [-0.1, -0.05) is 18.2 Å². The molecule has 1 fully saturated rings. The third kappa shape index (κ3) is 2.66. The van der Waals surface area contributed by atoms with Gasteiger partial charge in [0.1, 0.15) is 16.9 Å². The van der Waals surface area contributed by atoms with Crippen LogP contribution in [0.15, 0.2) is 48.0 Å². The molecular weight excluding hydrogens is 312 g/mol. The summed E-state index contributed by atoms with van der Waals surface area (Å²) in [5.74, 6) is 0.766. The van der Waals surface area contributed by atoms with Gasteiger partial charge < -0.3 is 4.98 Å². The van der Waals surface area contributed by atoms with E-state index in [1.165, 1.54) is 6.33 Å². The standard InChI is InChI=1S/C15H14N6OS/c22-12-6-16-11(21(12)10-4-2-1-3-5-10)7-23-15-13-14(18-8-17-13)19-9-20-15/h1-5,8-9,11,16H,6-7H2,(H,17,18,19,20). The number of fused-ring (bicyclic) bond motifs is 1. The third-order valence-electron chi connectivity index (χ3n) is 3.67. The summed E-state index contributed by atoms with van der Waals surface area (Å²) in [5, 5.41) is 4.09. The molecule has 2 N–H and O–H groups in total. The first-order valence-corrected chi connectivity index (χ1v) is 8.19. The van der Waals surface area contributed by atoms with Gasteiger partial charge in [0.15, 0.2) is 5.65 Å². The molecule has 0 radical (unpaired) electrons. The highest BCUT2D eigenvalue weighted by atomic mass is 32.2. The topological polar surface area (TPSA) is 86.8 Å². The molecule has 23 heavy (non-hydrogen) atoms. The molecule has 3 aromatic rings. The van der Waals surface area contributed by atoms with Crippen LogP contribution in [0.5, 0.6) is 0 Å². The van der Waals surface area contributed by atoms with Gasteiger partial charge in [-0.25, -0.2) is 15.0 Å². The van der Waals surface area contributed by atoms with Crippen LogP contribution in [0.25, 0.3) is 11.2 Å². The summed E-state index contributed by atoms with van der Waals surface area (Å²) < 4.78 is 0. The molecule has 4 rings (SSSR count). The third-order valence-corrected chi connectivity index (χ3v) is 4.74. The van der Waals surface area contributed by atoms with Crippen molar-refractivity contribution in [3.63, 3.8) is 0 Å². The van der Waals surface area contributed by atoms with Crippen molar-refractivity contribution in [3.05, 3.63) is 43.0 Å². The zero-order valence-electron chi connectivity index (χ0n) is 12.1. The lowest BCUT2D eigenvalue weighted by Gasteiger charge is -2.24. The zero-order chi connectivity index (χ0) is 15.6. The van der Waals surface area contributed by atoms with E-state index in [4.69, 9.17) is 0 Å². The Bertz CT molecular complexity index is 836. The first-order valence-electron chi connectivity index (χ1n) is 7.20. The van der Waals surface area contributed by atoms with Gasteiger partial charge in [0, 0.05) is 11.4 Å². The number of aromatic nitrogens is 4. The van der Waals surface area contributed by atoms with E-state index in [1.807, 2.05) is 30.3 Å². The van der Waals surface area contributed by atoms with Crippen LogP contribution in [0.1, 0.15) is 0 Å². The molecule has 3 heterocycles. The zero-order valence-corrected chi connectivity index (χ0v) is 13.0. The van der Waals surface area contributed by atoms with Gasteiger partial charge in [-0.05, 0) is 12.1 Å². The fourth-order valence-electron chi connectivity index (χ4n) is 2.61. The molecule has 0 aliphatic carbocycles. The van der Waals surface area contributed by atoms with E-state index in [9.17, 15) is 4.79 Å². The second kappa shape index (κ2) is 5.98. The van der Waals surface area contributed by atoms with E-state index in [2.05, 4.69) is 25.3 Å². The number of aromatic amines is 1. The smallest absolute Gasteiger partial charge is 0.242 e. The maximum Gasteiger partial charge on any atom is 0.242 e. The van der Waals surface area contributed by atoms with Crippen LogP contribution in [0.2, 0.25) is 0 Å². The first kappa shape index (κ1) is 14.2. The van der Waals surface area contributed by atoms with Crippen LogP contribution in [0.4, 0.5) is 5.69 Å². The van der Waals surface area contributed by atoms with Crippen molar-refractivity contribution in [2.75, 3.05) is 17.2 Å². The molecule has 2 aromatic heterocycles. The molecular formula is C15H14N6OS. The Morgan fingerprint density at radius 1 is 1.22 bits per heavy atom. The van der Waals surface area contributed by atoms with E-state index in [0.29, 0.717) is 17.9 Å². The maximum atomic E-state index is 12.2. The summed E-state index contributed by atoms with van der Waals surface area (Å²) in [7, 11) is 0. The number of para-hydroxylation sites is 1. The second-order valence-corrected chi connectivity index (χ2v) is 6.10. The molecule has 0 bridgehead atoms. The quantitative estimate of drug-likeness (QED) is 0.557. The minimum absolute atomic E-state index is 0.0668. The molecule has 8 heteroatoms. The van der Waals surface area contributed by atoms with Crippen LogP contribution in [-0.2, 0) is 4.79 Å². The van der Waals surface area contributed by atoms with Crippen LogP contribution < -0.4 is 10.2 Å². The van der Waals surface area contributed by atoms with Gasteiger partial charge in [0.25, 0.3) is 0 Å². The number of nitrogens with one attached hydrogen (secondary N) is 2. The first-order chi connectivity index (χ1) is 11.3. The molecule has 1 atom stereocenters. The van der Waals surface area contributed by atoms with E-state index < -0.39 is 0 Å². The number of imidazole rings is 1. The van der Waals surface area contributed by atoms with Gasteiger partial charge in [-0.2, -0.15) is 0 Å². The van der Waals surface area contributed by atoms with Gasteiger partial charge in [0.05, 0.1) is 19.0 Å². The number of hydrogen-bond acceptors (Lipinski definition) is 6. The number of anilines is 1. The van der Waals surface area contributed by atoms with E-state index >= 15 is 0 Å². The monoisotopic (exact) mass is 326 g/mol. The minimum atomic E-state index is -0.0668. The normalized spacial score (nSPS) is 18.0. The summed E-state index contributed by atoms with van der Waals surface area (Å²) in [5.41, 5.74) is 2.38. The van der Waals surface area contributed by atoms with Crippen LogP contribution in [0, 0.1) is 0 Å². The van der Waals surface area contributed by atoms with Crippen molar-refractivity contribution >= 4 is 34.5 Å². The van der Waals surface area contributed by atoms with E-state index in [0.717, 1.165) is 16.2 Å². The lowest BCUT2D eigenvalue weighted by Crippen LogP contribution is -2.39. The number of amides is 1. The lowest BCUT2D eigenvalue weighted by molar-refractivity contribution is -0.116. The Morgan fingerprint density at radius 2 is 2.09 bits per heavy atom. The van der Waals surface area contributed by atoms with Crippen LogP contribution >= 0.6 is 11.8 Å². The van der Waals surface area contributed by atoms with E-state index in [-0.39, 0.29) is 12.1 Å². The molecule has 1 amide bonds. The number of carbonyl (C=O) groups is 1. The number of H-pyrrole nitrogens is 1. The molecule has 1 unspecified atom stereocenters. The minimum Gasteiger partial charge on any atom is -0.341 e. The van der Waals surface area contributed by atoms with Gasteiger partial charge in [-0.3, -0.25) is 15.0 Å². The van der Waals surface area contributed by atoms with Crippen LogP contribution in [-0.4, -0.2) is 44.3 Å². The summed E-state index contributed by atoms with van der Waals surface area (Å²) in [6.45, 7) is 0.351. The number of carbonyl (C=O) groups excluding carboxylic acids is 1. The number of nitrogens with zero attached hydrogens (tertiary/aromatic N) is 4. The second-order valence-electron chi connectivity index (χ2n) is 5.09. The number of benzene rings is 1. The largest absolute Gasteiger partial charge is 0.341 e. The SMILES string of the molecule is O=C1CNC(CSc2ncnc3nc[nH]c23)N1c1ccccc1. The predicted molar refractivity (Wildman–Crippen MR) is 88.1 cm³/mol. The Morgan fingerprint density at radius 3 is 2.96 bits per heavy atom. The number of thioether (sulfide) groups is 1. The van der Waals surface area contributed by atoms with Crippen molar-refractivity contribution in [2.24, 2.45) is 0 Å². The summed E-state index contributed by atoms with van der Waals surface area (Å²) in [6.07, 6.45) is 3.05. The fourth-order valence-corrected chi connectivity index (χ4v) is 3.61. The van der Waals surface area contributed by atoms with Gasteiger partial charge in [0.2, 0.25) is 5.91 Å². The Kier molecular flexibility index (Phi) is 3.68. The fraction of sp³-hybridized carbons (Fsp3) is 0.200. The molecule has 7 nitrogen and oxygen atoms in total. The highest BCUT2D eigenvalue weighted by Gasteiger charge is 2.31. The Balaban J connectivity index is 1.54. The lowest BCUT2D eigenvalue weighted by atomic mass is 10.3. The molecule has 1 aromatic carbocycles. The molecule has 116 valence electrons. The summed E-state index contributed by atoms with van der Waals surface area (Å²) in [4.78, 5) is 29.6. The number of hydrogen-bond donors (Lipinski definition) is 2. The molecule has 0 spiro atoms. The van der Waals surface area contributed by atoms with Crippen molar-refractivity contribution in [2.45, 2.75) is 11.2 Å². The molecule has 1 aliphatic rings. The average molecular weight is 326 g/mol. The van der Waals surface area contributed by atoms with Crippen molar-refractivity contribution in [1.82, 2.24) is 25.3 Å². The molecule has 1 saturated heterocycles. The van der Waals surface area contributed by atoms with Crippen molar-refractivity contribution in [3.8, 4) is 0 Å². The number of rotatable bonds is 4. The van der Waals surface area contributed by atoms with Crippen molar-refractivity contribution < 1.29 is 4.79 Å². The highest BCUT2D eigenvalue weighted by Crippen LogP contribution is 2.26. The highest BCUT2D eigenvalue weighted by molar-refractivity contribution is 7.99.